The van der Waals surface area contributed by atoms with Crippen LogP contribution in [0.4, 0.5) is 0 Å². The SMILES string of the molecule is O=C(c1ccccc1-c1ccccc1)N1CCOCC(Cc2nccn3cccc23)C1. The normalized spacial score (nSPS) is 16.9. The van der Waals surface area contributed by atoms with Gasteiger partial charge in [-0.15, -0.1) is 0 Å². The van der Waals surface area contributed by atoms with Gasteiger partial charge in [-0.2, -0.15) is 0 Å². The third-order valence-corrected chi connectivity index (χ3v) is 5.88. The van der Waals surface area contributed by atoms with Crippen molar-refractivity contribution in [2.45, 2.75) is 6.42 Å². The maximum Gasteiger partial charge on any atom is 0.254 e. The first-order chi connectivity index (χ1) is 15.3. The Balaban J connectivity index is 1.39. The molecule has 31 heavy (non-hydrogen) atoms. The minimum Gasteiger partial charge on any atom is -0.379 e. The van der Waals surface area contributed by atoms with Crippen LogP contribution in [0.15, 0.2) is 85.3 Å². The number of hydrogen-bond donors (Lipinski definition) is 0. The average molecular weight is 412 g/mol. The van der Waals surface area contributed by atoms with Crippen molar-refractivity contribution in [3.63, 3.8) is 0 Å². The van der Waals surface area contributed by atoms with Gasteiger partial charge in [-0.05, 0) is 35.7 Å². The molecule has 4 aromatic rings. The van der Waals surface area contributed by atoms with Crippen molar-refractivity contribution in [2.24, 2.45) is 5.92 Å². The summed E-state index contributed by atoms with van der Waals surface area (Å²) in [6.07, 6.45) is 6.59. The third kappa shape index (κ3) is 4.09. The van der Waals surface area contributed by atoms with Gasteiger partial charge in [0.2, 0.25) is 0 Å². The minimum atomic E-state index is 0.0591. The van der Waals surface area contributed by atoms with Crippen molar-refractivity contribution in [2.75, 3.05) is 26.3 Å². The Morgan fingerprint density at radius 3 is 2.74 bits per heavy atom. The molecule has 1 aliphatic rings. The van der Waals surface area contributed by atoms with E-state index >= 15 is 0 Å². The third-order valence-electron chi connectivity index (χ3n) is 5.88. The van der Waals surface area contributed by atoms with Gasteiger partial charge in [0.25, 0.3) is 5.91 Å². The van der Waals surface area contributed by atoms with Crippen molar-refractivity contribution in [3.05, 3.63) is 96.6 Å². The molecule has 3 heterocycles. The van der Waals surface area contributed by atoms with E-state index in [0.717, 1.165) is 34.3 Å². The molecule has 2 aromatic heterocycles. The number of ether oxygens (including phenoxy) is 1. The van der Waals surface area contributed by atoms with Crippen LogP contribution >= 0.6 is 0 Å². The second kappa shape index (κ2) is 8.74. The van der Waals surface area contributed by atoms with Crippen molar-refractivity contribution in [1.82, 2.24) is 14.3 Å². The van der Waals surface area contributed by atoms with E-state index in [1.807, 2.05) is 84.2 Å². The molecule has 2 aromatic carbocycles. The summed E-state index contributed by atoms with van der Waals surface area (Å²) in [4.78, 5) is 20.1. The Labute approximate surface area is 181 Å². The maximum atomic E-state index is 13.6. The summed E-state index contributed by atoms with van der Waals surface area (Å²) in [6.45, 7) is 2.44. The lowest BCUT2D eigenvalue weighted by Crippen LogP contribution is -2.36. The van der Waals surface area contributed by atoms with Crippen LogP contribution in [0.3, 0.4) is 0 Å². The van der Waals surface area contributed by atoms with Crippen LogP contribution in [0.5, 0.6) is 0 Å². The Kier molecular flexibility index (Phi) is 5.50. The van der Waals surface area contributed by atoms with Crippen LogP contribution in [0.2, 0.25) is 0 Å². The predicted octanol–water partition coefficient (Wildman–Crippen LogP) is 4.33. The molecule has 0 radical (unpaired) electrons. The number of aromatic nitrogens is 2. The molecule has 5 nitrogen and oxygen atoms in total. The van der Waals surface area contributed by atoms with E-state index in [-0.39, 0.29) is 11.8 Å². The minimum absolute atomic E-state index is 0.0591. The molecule has 1 saturated heterocycles. The Morgan fingerprint density at radius 1 is 1.00 bits per heavy atom. The average Bonchev–Trinajstić information content (AvgIpc) is 3.19. The lowest BCUT2D eigenvalue weighted by molar-refractivity contribution is 0.0738. The van der Waals surface area contributed by atoms with Gasteiger partial charge >= 0.3 is 0 Å². The summed E-state index contributed by atoms with van der Waals surface area (Å²) in [5, 5.41) is 0. The van der Waals surface area contributed by atoms with Crippen LogP contribution in [0.25, 0.3) is 16.6 Å². The molecule has 0 aliphatic carbocycles. The van der Waals surface area contributed by atoms with Crippen LogP contribution in [-0.4, -0.2) is 46.5 Å². The van der Waals surface area contributed by atoms with Gasteiger partial charge in [-0.25, -0.2) is 0 Å². The fourth-order valence-corrected chi connectivity index (χ4v) is 4.36. The van der Waals surface area contributed by atoms with E-state index in [9.17, 15) is 4.79 Å². The number of rotatable bonds is 4. The zero-order valence-electron chi connectivity index (χ0n) is 17.4. The van der Waals surface area contributed by atoms with Crippen LogP contribution in [0, 0.1) is 5.92 Å². The Bertz CT molecular complexity index is 1190. The number of carbonyl (C=O) groups is 1. The number of nitrogens with zero attached hydrogens (tertiary/aromatic N) is 3. The molecule has 5 rings (SSSR count). The van der Waals surface area contributed by atoms with Crippen molar-refractivity contribution in [3.8, 4) is 11.1 Å². The van der Waals surface area contributed by atoms with Gasteiger partial charge in [0.1, 0.15) is 0 Å². The lowest BCUT2D eigenvalue weighted by Gasteiger charge is -2.25. The molecule has 1 aliphatic heterocycles. The van der Waals surface area contributed by atoms with Gasteiger partial charge in [0.05, 0.1) is 24.4 Å². The first-order valence-electron chi connectivity index (χ1n) is 10.7. The highest BCUT2D eigenvalue weighted by atomic mass is 16.5. The number of hydrogen-bond acceptors (Lipinski definition) is 3. The van der Waals surface area contributed by atoms with Gasteiger partial charge < -0.3 is 14.0 Å². The summed E-state index contributed by atoms with van der Waals surface area (Å²) < 4.78 is 7.96. The van der Waals surface area contributed by atoms with Gasteiger partial charge in [0.15, 0.2) is 0 Å². The summed E-state index contributed by atoms with van der Waals surface area (Å²) >= 11 is 0. The van der Waals surface area contributed by atoms with Gasteiger partial charge in [0, 0.05) is 43.2 Å². The van der Waals surface area contributed by atoms with E-state index < -0.39 is 0 Å². The Hall–Kier alpha value is -3.44. The van der Waals surface area contributed by atoms with Crippen molar-refractivity contribution in [1.29, 1.82) is 0 Å². The van der Waals surface area contributed by atoms with Gasteiger partial charge in [-0.3, -0.25) is 9.78 Å². The predicted molar refractivity (Wildman–Crippen MR) is 121 cm³/mol. The topological polar surface area (TPSA) is 46.8 Å². The number of fused-ring (bicyclic) bond motifs is 1. The van der Waals surface area contributed by atoms with E-state index in [2.05, 4.69) is 15.5 Å². The zero-order valence-corrected chi connectivity index (χ0v) is 17.4. The van der Waals surface area contributed by atoms with Crippen LogP contribution < -0.4 is 0 Å². The van der Waals surface area contributed by atoms with Crippen molar-refractivity contribution >= 4 is 11.4 Å². The fourth-order valence-electron chi connectivity index (χ4n) is 4.36. The van der Waals surface area contributed by atoms with Gasteiger partial charge in [-0.1, -0.05) is 48.5 Å². The molecule has 1 fully saturated rings. The molecule has 1 amide bonds. The molecular weight excluding hydrogens is 386 g/mol. The summed E-state index contributed by atoms with van der Waals surface area (Å²) in [5.74, 6) is 0.257. The second-order valence-corrected chi connectivity index (χ2v) is 7.98. The molecule has 0 saturated carbocycles. The molecule has 0 bridgehead atoms. The number of amides is 1. The molecular formula is C26H25N3O2. The highest BCUT2D eigenvalue weighted by molar-refractivity contribution is 6.00. The van der Waals surface area contributed by atoms with Crippen molar-refractivity contribution < 1.29 is 9.53 Å². The molecule has 1 atom stereocenters. The van der Waals surface area contributed by atoms with Crippen LogP contribution in [0.1, 0.15) is 16.1 Å². The Morgan fingerprint density at radius 2 is 1.84 bits per heavy atom. The monoisotopic (exact) mass is 411 g/mol. The highest BCUT2D eigenvalue weighted by Gasteiger charge is 2.26. The summed E-state index contributed by atoms with van der Waals surface area (Å²) in [5.41, 5.74) is 4.91. The number of carbonyl (C=O) groups excluding carboxylic acids is 1. The van der Waals surface area contributed by atoms with E-state index in [4.69, 9.17) is 4.74 Å². The summed E-state index contributed by atoms with van der Waals surface area (Å²) in [7, 11) is 0. The lowest BCUT2D eigenvalue weighted by atomic mass is 9.98. The van der Waals surface area contributed by atoms with E-state index in [0.29, 0.717) is 26.3 Å². The molecule has 5 heteroatoms. The number of benzene rings is 2. The molecule has 0 spiro atoms. The first kappa shape index (κ1) is 19.5. The second-order valence-electron chi connectivity index (χ2n) is 7.98. The van der Waals surface area contributed by atoms with E-state index in [1.165, 1.54) is 0 Å². The summed E-state index contributed by atoms with van der Waals surface area (Å²) in [6, 6.07) is 22.1. The maximum absolute atomic E-state index is 13.6. The highest BCUT2D eigenvalue weighted by Crippen LogP contribution is 2.26. The molecule has 156 valence electrons. The smallest absolute Gasteiger partial charge is 0.254 e. The largest absolute Gasteiger partial charge is 0.379 e. The first-order valence-corrected chi connectivity index (χ1v) is 10.7. The fraction of sp³-hybridized carbons (Fsp3) is 0.231. The molecule has 0 N–H and O–H groups in total. The van der Waals surface area contributed by atoms with Crippen LogP contribution in [-0.2, 0) is 11.2 Å². The van der Waals surface area contributed by atoms with E-state index in [1.54, 1.807) is 0 Å². The quantitative estimate of drug-likeness (QED) is 0.502. The zero-order chi connectivity index (χ0) is 21.0. The standard InChI is InChI=1S/C26H25N3O2/c30-26(23-10-5-4-9-22(23)21-7-2-1-3-8-21)29-15-16-31-19-20(18-29)17-24-25-11-6-13-28(25)14-12-27-24/h1-14,20H,15-19H2. The molecule has 1 unspecified atom stereocenters.